The van der Waals surface area contributed by atoms with Gasteiger partial charge < -0.3 is 0 Å². The first-order valence-electron chi connectivity index (χ1n) is 8.50. The molecule has 2 heterocycles. The molecule has 1 aliphatic rings. The third kappa shape index (κ3) is 4.19. The highest BCUT2D eigenvalue weighted by Gasteiger charge is 2.29. The number of aryl methyl sites for hydroxylation is 1. The van der Waals surface area contributed by atoms with Crippen LogP contribution < -0.4 is 5.43 Å². The standard InChI is InChI=1S/C18H22N4O3S/c1-13-17(14(2)22(21-13)16-6-4-3-5-7-16)11-19-20-18(23)10-15-8-9-26(24,25)12-15/h3-7,11,15H,8-10,12H2,1-2H3,(H,20,23)/b19-11-/t15-/m0/s1. The van der Waals surface area contributed by atoms with E-state index in [4.69, 9.17) is 0 Å². The second-order valence-corrected chi connectivity index (χ2v) is 8.83. The lowest BCUT2D eigenvalue weighted by atomic mass is 10.1. The normalized spacial score (nSPS) is 19.1. The van der Waals surface area contributed by atoms with Crippen LogP contribution in [0.2, 0.25) is 0 Å². The van der Waals surface area contributed by atoms with Crippen molar-refractivity contribution in [3.05, 3.63) is 47.3 Å². The van der Waals surface area contributed by atoms with Gasteiger partial charge >= 0.3 is 0 Å². The molecule has 0 radical (unpaired) electrons. The van der Waals surface area contributed by atoms with Gasteiger partial charge in [0.05, 0.1) is 34.8 Å². The highest BCUT2D eigenvalue weighted by Crippen LogP contribution is 2.21. The molecule has 1 saturated heterocycles. The van der Waals surface area contributed by atoms with Gasteiger partial charge in [-0.2, -0.15) is 10.2 Å². The number of rotatable bonds is 5. The molecule has 8 heteroatoms. The minimum absolute atomic E-state index is 0.0895. The van der Waals surface area contributed by atoms with E-state index in [9.17, 15) is 13.2 Å². The summed E-state index contributed by atoms with van der Waals surface area (Å²) < 4.78 is 24.7. The first kappa shape index (κ1) is 18.3. The minimum atomic E-state index is -2.97. The molecule has 1 aliphatic heterocycles. The lowest BCUT2D eigenvalue weighted by Gasteiger charge is -2.05. The summed E-state index contributed by atoms with van der Waals surface area (Å²) in [5, 5.41) is 8.54. The zero-order valence-electron chi connectivity index (χ0n) is 14.8. The van der Waals surface area contributed by atoms with Crippen molar-refractivity contribution in [2.75, 3.05) is 11.5 Å². The molecule has 3 rings (SSSR count). The first-order chi connectivity index (χ1) is 12.4. The Morgan fingerprint density at radius 2 is 2.08 bits per heavy atom. The van der Waals surface area contributed by atoms with E-state index in [2.05, 4.69) is 15.6 Å². The molecule has 1 aromatic carbocycles. The predicted octanol–water partition coefficient (Wildman–Crippen LogP) is 1.76. The highest BCUT2D eigenvalue weighted by molar-refractivity contribution is 7.91. The second kappa shape index (κ2) is 7.41. The highest BCUT2D eigenvalue weighted by atomic mass is 32.2. The number of para-hydroxylation sites is 1. The van der Waals surface area contributed by atoms with E-state index in [-0.39, 0.29) is 29.8 Å². The van der Waals surface area contributed by atoms with Gasteiger partial charge in [0.2, 0.25) is 5.91 Å². The third-order valence-electron chi connectivity index (χ3n) is 4.53. The first-order valence-corrected chi connectivity index (χ1v) is 10.3. The van der Waals surface area contributed by atoms with Crippen molar-refractivity contribution in [2.24, 2.45) is 11.0 Å². The van der Waals surface area contributed by atoms with Gasteiger partial charge in [-0.1, -0.05) is 18.2 Å². The van der Waals surface area contributed by atoms with Crippen molar-refractivity contribution < 1.29 is 13.2 Å². The molecule has 0 saturated carbocycles. The molecule has 138 valence electrons. The van der Waals surface area contributed by atoms with E-state index < -0.39 is 9.84 Å². The van der Waals surface area contributed by atoms with Crippen LogP contribution in [0, 0.1) is 19.8 Å². The van der Waals surface area contributed by atoms with Gasteiger partial charge in [-0.15, -0.1) is 0 Å². The number of hydrogen-bond donors (Lipinski definition) is 1. The molecule has 1 amide bonds. The molecule has 0 unspecified atom stereocenters. The monoisotopic (exact) mass is 374 g/mol. The average Bonchev–Trinajstić information content (AvgIpc) is 3.08. The van der Waals surface area contributed by atoms with Crippen LogP contribution >= 0.6 is 0 Å². The van der Waals surface area contributed by atoms with Crippen LogP contribution in [0.25, 0.3) is 5.69 Å². The van der Waals surface area contributed by atoms with Crippen molar-refractivity contribution in [3.8, 4) is 5.69 Å². The maximum atomic E-state index is 12.0. The maximum absolute atomic E-state index is 12.0. The molecular weight excluding hydrogens is 352 g/mol. The van der Waals surface area contributed by atoms with Crippen LogP contribution in [0.4, 0.5) is 0 Å². The fraction of sp³-hybridized carbons (Fsp3) is 0.389. The minimum Gasteiger partial charge on any atom is -0.273 e. The van der Waals surface area contributed by atoms with Crippen LogP contribution in [0.5, 0.6) is 0 Å². The van der Waals surface area contributed by atoms with E-state index in [0.29, 0.717) is 6.42 Å². The van der Waals surface area contributed by atoms with Crippen molar-refractivity contribution >= 4 is 22.0 Å². The second-order valence-electron chi connectivity index (χ2n) is 6.60. The fourth-order valence-electron chi connectivity index (χ4n) is 3.17. The Morgan fingerprint density at radius 1 is 1.35 bits per heavy atom. The average molecular weight is 374 g/mol. The number of aromatic nitrogens is 2. The zero-order chi connectivity index (χ0) is 18.7. The quantitative estimate of drug-likeness (QED) is 0.637. The summed E-state index contributed by atoms with van der Waals surface area (Å²) in [6, 6.07) is 9.78. The van der Waals surface area contributed by atoms with Crippen molar-refractivity contribution in [1.29, 1.82) is 0 Å². The number of nitrogens with one attached hydrogen (secondary N) is 1. The number of carbonyl (C=O) groups is 1. The van der Waals surface area contributed by atoms with Crippen molar-refractivity contribution in [1.82, 2.24) is 15.2 Å². The SMILES string of the molecule is Cc1nn(-c2ccccc2)c(C)c1/C=N\NC(=O)C[C@@H]1CCS(=O)(=O)C1. The van der Waals surface area contributed by atoms with E-state index in [1.165, 1.54) is 0 Å². The lowest BCUT2D eigenvalue weighted by Crippen LogP contribution is -2.21. The number of amides is 1. The third-order valence-corrected chi connectivity index (χ3v) is 6.37. The number of sulfone groups is 1. The number of benzene rings is 1. The van der Waals surface area contributed by atoms with E-state index >= 15 is 0 Å². The molecule has 0 spiro atoms. The Hall–Kier alpha value is -2.48. The molecule has 7 nitrogen and oxygen atoms in total. The van der Waals surface area contributed by atoms with Crippen LogP contribution in [0.1, 0.15) is 29.8 Å². The Labute approximate surface area is 153 Å². The van der Waals surface area contributed by atoms with Gasteiger partial charge in [0.1, 0.15) is 0 Å². The summed E-state index contributed by atoms with van der Waals surface area (Å²) in [5.74, 6) is -0.120. The van der Waals surface area contributed by atoms with E-state index in [1.54, 1.807) is 6.21 Å². The smallest absolute Gasteiger partial charge is 0.240 e. The van der Waals surface area contributed by atoms with Gasteiger partial charge in [0.25, 0.3) is 0 Å². The summed E-state index contributed by atoms with van der Waals surface area (Å²) in [6.45, 7) is 3.83. The predicted molar refractivity (Wildman–Crippen MR) is 100 cm³/mol. The van der Waals surface area contributed by atoms with Gasteiger partial charge in [0, 0.05) is 12.0 Å². The molecule has 2 aromatic rings. The number of carbonyl (C=O) groups excluding carboxylic acids is 1. The Kier molecular flexibility index (Phi) is 5.22. The summed E-state index contributed by atoms with van der Waals surface area (Å²) >= 11 is 0. The van der Waals surface area contributed by atoms with Crippen LogP contribution in [-0.2, 0) is 14.6 Å². The van der Waals surface area contributed by atoms with Crippen LogP contribution in [0.15, 0.2) is 35.4 Å². The van der Waals surface area contributed by atoms with E-state index in [0.717, 1.165) is 22.6 Å². The topological polar surface area (TPSA) is 93.4 Å². The number of hydrazone groups is 1. The maximum Gasteiger partial charge on any atom is 0.240 e. The van der Waals surface area contributed by atoms with E-state index in [1.807, 2.05) is 48.9 Å². The summed E-state index contributed by atoms with van der Waals surface area (Å²) in [7, 11) is -2.97. The zero-order valence-corrected chi connectivity index (χ0v) is 15.7. The molecular formula is C18H22N4O3S. The van der Waals surface area contributed by atoms with Crippen LogP contribution in [0.3, 0.4) is 0 Å². The summed E-state index contributed by atoms with van der Waals surface area (Å²) in [6.07, 6.45) is 2.31. The Morgan fingerprint density at radius 3 is 2.73 bits per heavy atom. The molecule has 0 bridgehead atoms. The lowest BCUT2D eigenvalue weighted by molar-refractivity contribution is -0.121. The van der Waals surface area contributed by atoms with Gasteiger partial charge in [-0.25, -0.2) is 18.5 Å². The molecule has 1 aromatic heterocycles. The molecule has 0 aliphatic carbocycles. The van der Waals surface area contributed by atoms with Gasteiger partial charge in [-0.3, -0.25) is 4.79 Å². The summed E-state index contributed by atoms with van der Waals surface area (Å²) in [4.78, 5) is 12.0. The van der Waals surface area contributed by atoms with Crippen LogP contribution in [-0.4, -0.2) is 41.8 Å². The molecule has 1 atom stereocenters. The van der Waals surface area contributed by atoms with Crippen molar-refractivity contribution in [3.63, 3.8) is 0 Å². The molecule has 1 fully saturated rings. The number of nitrogens with zero attached hydrogens (tertiary/aromatic N) is 3. The summed E-state index contributed by atoms with van der Waals surface area (Å²) in [5.41, 5.74) is 6.03. The van der Waals surface area contributed by atoms with Gasteiger partial charge in [-0.05, 0) is 38.3 Å². The fourth-order valence-corrected chi connectivity index (χ4v) is 5.03. The molecule has 1 N–H and O–H groups in total. The van der Waals surface area contributed by atoms with Crippen molar-refractivity contribution in [2.45, 2.75) is 26.7 Å². The Bertz CT molecular complexity index is 933. The van der Waals surface area contributed by atoms with Gasteiger partial charge in [0.15, 0.2) is 9.84 Å². The Balaban J connectivity index is 1.64. The largest absolute Gasteiger partial charge is 0.273 e. The number of hydrogen-bond acceptors (Lipinski definition) is 5. The molecule has 26 heavy (non-hydrogen) atoms.